The number of anilines is 1. The van der Waals surface area contributed by atoms with Gasteiger partial charge in [-0.1, -0.05) is 36.4 Å². The molecule has 0 saturated heterocycles. The Bertz CT molecular complexity index is 1320. The van der Waals surface area contributed by atoms with Crippen LogP contribution in [0.25, 0.3) is 22.0 Å². The molecular weight excluding hydrogens is 414 g/mol. The number of hydrogen-bond donors (Lipinski definition) is 3. The molecule has 1 aromatic heterocycles. The average molecular weight is 442 g/mol. The highest BCUT2D eigenvalue weighted by atomic mass is 16.5. The molecule has 3 aromatic carbocycles. The van der Waals surface area contributed by atoms with Crippen molar-refractivity contribution >= 4 is 28.5 Å². The van der Waals surface area contributed by atoms with Crippen molar-refractivity contribution in [2.45, 2.75) is 26.8 Å². The third kappa shape index (κ3) is 4.81. The van der Waals surface area contributed by atoms with Crippen molar-refractivity contribution in [3.8, 4) is 11.1 Å². The Morgan fingerprint density at radius 2 is 1.88 bits per heavy atom. The molecule has 168 valence electrons. The molecule has 0 bridgehead atoms. The molecule has 0 fully saturated rings. The number of ether oxygens (including phenoxy) is 1. The molecule has 6 nitrogen and oxygen atoms in total. The highest BCUT2D eigenvalue weighted by Crippen LogP contribution is 2.33. The number of aromatic nitrogens is 1. The molecule has 0 saturated carbocycles. The first-order valence-electron chi connectivity index (χ1n) is 11.0. The van der Waals surface area contributed by atoms with E-state index in [1.807, 2.05) is 61.7 Å². The Hall–Kier alpha value is -3.90. The standard InChI is InChI=1S/C27H27N3O3/c1-3-33-25(31)14-20-8-4-5-10-23(20)30-27(32)21-12-22(19-9-6-7-18(11-19)15-28)26-17(2)16-29-24(26)13-21/h4-13,16,29H,3,14-15,28H2,1-2H3,(H,30,32). The monoisotopic (exact) mass is 441 g/mol. The third-order valence-corrected chi connectivity index (χ3v) is 5.62. The van der Waals surface area contributed by atoms with Gasteiger partial charge in [-0.15, -0.1) is 0 Å². The first kappa shape index (κ1) is 22.3. The van der Waals surface area contributed by atoms with Gasteiger partial charge in [0.25, 0.3) is 5.91 Å². The maximum absolute atomic E-state index is 13.3. The minimum absolute atomic E-state index is 0.0935. The smallest absolute Gasteiger partial charge is 0.310 e. The molecule has 1 amide bonds. The Balaban J connectivity index is 1.71. The van der Waals surface area contributed by atoms with Crippen molar-refractivity contribution in [2.24, 2.45) is 5.73 Å². The first-order valence-corrected chi connectivity index (χ1v) is 11.0. The van der Waals surface area contributed by atoms with E-state index in [1.165, 1.54) is 0 Å². The van der Waals surface area contributed by atoms with E-state index in [4.69, 9.17) is 10.5 Å². The average Bonchev–Trinajstić information content (AvgIpc) is 3.20. The van der Waals surface area contributed by atoms with Gasteiger partial charge in [0.05, 0.1) is 13.0 Å². The number of nitrogens with one attached hydrogen (secondary N) is 2. The van der Waals surface area contributed by atoms with Crippen molar-refractivity contribution in [1.29, 1.82) is 0 Å². The second kappa shape index (κ2) is 9.71. The van der Waals surface area contributed by atoms with Gasteiger partial charge in [0.2, 0.25) is 0 Å². The summed E-state index contributed by atoms with van der Waals surface area (Å²) in [7, 11) is 0. The zero-order chi connectivity index (χ0) is 23.4. The lowest BCUT2D eigenvalue weighted by molar-refractivity contribution is -0.142. The number of aryl methyl sites for hydroxylation is 1. The zero-order valence-electron chi connectivity index (χ0n) is 18.8. The van der Waals surface area contributed by atoms with E-state index in [-0.39, 0.29) is 18.3 Å². The van der Waals surface area contributed by atoms with Crippen LogP contribution < -0.4 is 11.1 Å². The minimum Gasteiger partial charge on any atom is -0.466 e. The number of fused-ring (bicyclic) bond motifs is 1. The highest BCUT2D eigenvalue weighted by Gasteiger charge is 2.16. The summed E-state index contributed by atoms with van der Waals surface area (Å²) in [6, 6.07) is 19.1. The molecule has 4 N–H and O–H groups in total. The van der Waals surface area contributed by atoms with E-state index in [1.54, 1.807) is 13.0 Å². The van der Waals surface area contributed by atoms with Crippen LogP contribution in [-0.4, -0.2) is 23.5 Å². The molecule has 6 heteroatoms. The van der Waals surface area contributed by atoms with Gasteiger partial charge in [0, 0.05) is 34.9 Å². The fourth-order valence-corrected chi connectivity index (χ4v) is 4.02. The SMILES string of the molecule is CCOC(=O)Cc1ccccc1NC(=O)c1cc(-c2cccc(CN)c2)c2c(C)c[nH]c2c1. The van der Waals surface area contributed by atoms with Crippen LogP contribution in [0.4, 0.5) is 5.69 Å². The van der Waals surface area contributed by atoms with Gasteiger partial charge in [-0.2, -0.15) is 0 Å². The number of aromatic amines is 1. The summed E-state index contributed by atoms with van der Waals surface area (Å²) in [5.74, 6) is -0.582. The van der Waals surface area contributed by atoms with Crippen LogP contribution in [0.15, 0.2) is 66.9 Å². The molecule has 0 unspecified atom stereocenters. The Morgan fingerprint density at radius 1 is 1.06 bits per heavy atom. The Morgan fingerprint density at radius 3 is 2.67 bits per heavy atom. The lowest BCUT2D eigenvalue weighted by Gasteiger charge is -2.13. The summed E-state index contributed by atoms with van der Waals surface area (Å²) in [4.78, 5) is 28.5. The molecule has 0 spiro atoms. The summed E-state index contributed by atoms with van der Waals surface area (Å²) in [6.07, 6.45) is 2.04. The van der Waals surface area contributed by atoms with E-state index < -0.39 is 0 Å². The van der Waals surface area contributed by atoms with Gasteiger partial charge in [-0.25, -0.2) is 0 Å². The van der Waals surface area contributed by atoms with Crippen LogP contribution in [0.2, 0.25) is 0 Å². The summed E-state index contributed by atoms with van der Waals surface area (Å²) in [5, 5.41) is 4.04. The predicted molar refractivity (Wildman–Crippen MR) is 131 cm³/mol. The Labute approximate surface area is 192 Å². The van der Waals surface area contributed by atoms with Gasteiger partial charge in [0.1, 0.15) is 0 Å². The van der Waals surface area contributed by atoms with Crippen molar-refractivity contribution in [1.82, 2.24) is 4.98 Å². The zero-order valence-corrected chi connectivity index (χ0v) is 18.8. The molecular formula is C27H27N3O3. The first-order chi connectivity index (χ1) is 16.0. The fourth-order valence-electron chi connectivity index (χ4n) is 4.02. The maximum atomic E-state index is 13.3. The molecule has 4 rings (SSSR count). The van der Waals surface area contributed by atoms with Crippen molar-refractivity contribution in [2.75, 3.05) is 11.9 Å². The molecule has 33 heavy (non-hydrogen) atoms. The number of carbonyl (C=O) groups excluding carboxylic acids is 2. The van der Waals surface area contributed by atoms with Gasteiger partial charge in [-0.05, 0) is 65.9 Å². The lowest BCUT2D eigenvalue weighted by Crippen LogP contribution is -2.15. The fraction of sp³-hybridized carbons (Fsp3) is 0.185. The molecule has 0 aliphatic carbocycles. The number of benzene rings is 3. The minimum atomic E-state index is -0.329. The maximum Gasteiger partial charge on any atom is 0.310 e. The number of carbonyl (C=O) groups is 2. The van der Waals surface area contributed by atoms with Crippen LogP contribution in [0, 0.1) is 6.92 Å². The number of esters is 1. The number of hydrogen-bond acceptors (Lipinski definition) is 4. The second-order valence-electron chi connectivity index (χ2n) is 7.92. The van der Waals surface area contributed by atoms with Gasteiger partial charge in [-0.3, -0.25) is 9.59 Å². The molecule has 0 aliphatic heterocycles. The third-order valence-electron chi connectivity index (χ3n) is 5.62. The lowest BCUT2D eigenvalue weighted by atomic mass is 9.95. The quantitative estimate of drug-likeness (QED) is 0.353. The second-order valence-corrected chi connectivity index (χ2v) is 7.92. The normalized spacial score (nSPS) is 10.9. The van der Waals surface area contributed by atoms with Crippen molar-refractivity contribution in [3.63, 3.8) is 0 Å². The van der Waals surface area contributed by atoms with E-state index >= 15 is 0 Å². The van der Waals surface area contributed by atoms with E-state index in [9.17, 15) is 9.59 Å². The summed E-state index contributed by atoms with van der Waals surface area (Å²) < 4.78 is 5.06. The van der Waals surface area contributed by atoms with E-state index in [0.29, 0.717) is 30.0 Å². The van der Waals surface area contributed by atoms with Crippen LogP contribution in [-0.2, 0) is 22.5 Å². The number of amides is 1. The largest absolute Gasteiger partial charge is 0.466 e. The predicted octanol–water partition coefficient (Wildman–Crippen LogP) is 4.96. The summed E-state index contributed by atoms with van der Waals surface area (Å²) in [6.45, 7) is 4.57. The highest BCUT2D eigenvalue weighted by molar-refractivity contribution is 6.10. The van der Waals surface area contributed by atoms with Crippen LogP contribution in [0.1, 0.15) is 34.0 Å². The van der Waals surface area contributed by atoms with Gasteiger partial charge in [0.15, 0.2) is 0 Å². The number of rotatable bonds is 7. The van der Waals surface area contributed by atoms with Crippen molar-refractivity contribution < 1.29 is 14.3 Å². The van der Waals surface area contributed by atoms with E-state index in [2.05, 4.69) is 16.4 Å². The molecule has 0 radical (unpaired) electrons. The summed E-state index contributed by atoms with van der Waals surface area (Å²) in [5.41, 5.74) is 12.6. The van der Waals surface area contributed by atoms with E-state index in [0.717, 1.165) is 33.2 Å². The van der Waals surface area contributed by atoms with Gasteiger partial charge >= 0.3 is 5.97 Å². The molecule has 1 heterocycles. The van der Waals surface area contributed by atoms with Gasteiger partial charge < -0.3 is 20.8 Å². The topological polar surface area (TPSA) is 97.2 Å². The number of H-pyrrole nitrogens is 1. The summed E-state index contributed by atoms with van der Waals surface area (Å²) >= 11 is 0. The molecule has 0 aliphatic rings. The molecule has 4 aromatic rings. The van der Waals surface area contributed by atoms with Crippen LogP contribution in [0.3, 0.4) is 0 Å². The molecule has 0 atom stereocenters. The van der Waals surface area contributed by atoms with Crippen molar-refractivity contribution in [3.05, 3.63) is 89.1 Å². The van der Waals surface area contributed by atoms with Crippen LogP contribution >= 0.6 is 0 Å². The van der Waals surface area contributed by atoms with Crippen LogP contribution in [0.5, 0.6) is 0 Å². The number of nitrogens with two attached hydrogens (primary N) is 1. The number of para-hydroxylation sites is 1. The Kier molecular flexibility index (Phi) is 6.56.